The predicted molar refractivity (Wildman–Crippen MR) is 179 cm³/mol. The number of nitrogens with zero attached hydrogens (tertiary/aromatic N) is 3. The molecule has 3 aliphatic rings. The minimum absolute atomic E-state index is 0.118. The number of aliphatic hydroxyl groups is 1. The zero-order valence-electron chi connectivity index (χ0n) is 27.1. The molecule has 246 valence electrons. The summed E-state index contributed by atoms with van der Waals surface area (Å²) in [6.07, 6.45) is 7.99. The lowest BCUT2D eigenvalue weighted by molar-refractivity contribution is -0.146. The van der Waals surface area contributed by atoms with Gasteiger partial charge in [-0.25, -0.2) is 0 Å². The van der Waals surface area contributed by atoms with E-state index in [9.17, 15) is 19.5 Å². The first-order chi connectivity index (χ1) is 22.3. The van der Waals surface area contributed by atoms with Gasteiger partial charge in [0, 0.05) is 37.6 Å². The number of benzene rings is 2. The van der Waals surface area contributed by atoms with Crippen LogP contribution in [-0.4, -0.2) is 78.3 Å². The van der Waals surface area contributed by atoms with Gasteiger partial charge in [0.15, 0.2) is 0 Å². The molecule has 1 spiro atoms. The van der Waals surface area contributed by atoms with Crippen molar-refractivity contribution in [2.24, 2.45) is 11.8 Å². The van der Waals surface area contributed by atoms with E-state index < -0.39 is 29.1 Å². The standard InChI is InChI=1S/C37H47N3O6/c1-5-23-38(27-15-11-10-12-16-27)33(42)30-31-34(43)40(25-13-8-9-14-26-41)32(37(31)22-21-36(30,7-3)46-37)35(44)39(24-6-2)28-17-19-29(45-4)20-18-28/h5-6,10-12,15-20,30-32,41H,1-2,7-9,13-14,21-26H2,3-4H3/t30-,31+,32?,36+,37?/m1/s1. The van der Waals surface area contributed by atoms with Gasteiger partial charge in [-0.2, -0.15) is 0 Å². The Hall–Kier alpha value is -3.95. The average molecular weight is 630 g/mol. The van der Waals surface area contributed by atoms with Crippen molar-refractivity contribution < 1.29 is 29.0 Å². The van der Waals surface area contributed by atoms with Crippen LogP contribution >= 0.6 is 0 Å². The number of carbonyl (C=O) groups is 3. The van der Waals surface area contributed by atoms with Crippen LogP contribution in [0.4, 0.5) is 11.4 Å². The van der Waals surface area contributed by atoms with Crippen LogP contribution in [0.1, 0.15) is 51.9 Å². The van der Waals surface area contributed by atoms with E-state index >= 15 is 0 Å². The Morgan fingerprint density at radius 3 is 2.20 bits per heavy atom. The zero-order valence-corrected chi connectivity index (χ0v) is 27.1. The normalized spacial score (nSPS) is 26.1. The molecule has 0 aliphatic carbocycles. The third-order valence-electron chi connectivity index (χ3n) is 10.1. The number of unbranched alkanes of at least 4 members (excludes halogenated alkanes) is 3. The van der Waals surface area contributed by atoms with Crippen molar-refractivity contribution in [1.82, 2.24) is 4.90 Å². The zero-order chi connectivity index (χ0) is 32.9. The van der Waals surface area contributed by atoms with E-state index in [-0.39, 0.29) is 37.4 Å². The molecular weight excluding hydrogens is 582 g/mol. The molecule has 2 aromatic rings. The van der Waals surface area contributed by atoms with E-state index in [2.05, 4.69) is 13.2 Å². The van der Waals surface area contributed by atoms with Crippen molar-refractivity contribution in [1.29, 1.82) is 0 Å². The Morgan fingerprint density at radius 1 is 0.957 bits per heavy atom. The molecule has 5 atom stereocenters. The van der Waals surface area contributed by atoms with E-state index in [1.165, 1.54) is 0 Å². The molecule has 5 rings (SSSR count). The Balaban J connectivity index is 1.57. The van der Waals surface area contributed by atoms with Crippen molar-refractivity contribution in [2.45, 2.75) is 69.1 Å². The summed E-state index contributed by atoms with van der Waals surface area (Å²) in [5, 5.41) is 9.27. The lowest BCUT2D eigenvalue weighted by atomic mass is 9.64. The molecule has 0 aromatic heterocycles. The number of anilines is 2. The SMILES string of the molecule is C=CCN(C(=O)C1N(CCCCCCO)C(=O)[C@@H]2[C@H](C(=O)N(CC=C)c3ccccc3)[C@]3(CC)CCC12O3)c1ccc(OC)cc1. The summed E-state index contributed by atoms with van der Waals surface area (Å²) in [4.78, 5) is 49.3. The van der Waals surface area contributed by atoms with Gasteiger partial charge in [-0.3, -0.25) is 14.4 Å². The van der Waals surface area contributed by atoms with Crippen LogP contribution in [-0.2, 0) is 19.1 Å². The second-order valence-corrected chi connectivity index (χ2v) is 12.5. The van der Waals surface area contributed by atoms with Crippen LogP contribution in [0.25, 0.3) is 0 Å². The molecule has 3 fully saturated rings. The first kappa shape index (κ1) is 33.4. The van der Waals surface area contributed by atoms with Gasteiger partial charge in [-0.05, 0) is 68.5 Å². The Bertz CT molecular complexity index is 1410. The fourth-order valence-electron chi connectivity index (χ4n) is 7.95. The maximum absolute atomic E-state index is 14.9. The molecule has 3 saturated heterocycles. The van der Waals surface area contributed by atoms with E-state index in [0.29, 0.717) is 50.1 Å². The van der Waals surface area contributed by atoms with E-state index in [4.69, 9.17) is 9.47 Å². The predicted octanol–water partition coefficient (Wildman–Crippen LogP) is 5.14. The number of methoxy groups -OCH3 is 1. The summed E-state index contributed by atoms with van der Waals surface area (Å²) in [6, 6.07) is 15.8. The molecule has 9 nitrogen and oxygen atoms in total. The monoisotopic (exact) mass is 629 g/mol. The Morgan fingerprint density at radius 2 is 1.59 bits per heavy atom. The van der Waals surface area contributed by atoms with Gasteiger partial charge in [0.25, 0.3) is 5.91 Å². The van der Waals surface area contributed by atoms with Gasteiger partial charge in [0.2, 0.25) is 11.8 Å². The van der Waals surface area contributed by atoms with Crippen molar-refractivity contribution >= 4 is 29.1 Å². The lowest BCUT2D eigenvalue weighted by Crippen LogP contribution is -2.56. The van der Waals surface area contributed by atoms with Gasteiger partial charge < -0.3 is 29.3 Å². The van der Waals surface area contributed by atoms with Gasteiger partial charge in [-0.1, -0.05) is 50.1 Å². The van der Waals surface area contributed by atoms with Crippen LogP contribution in [0.3, 0.4) is 0 Å². The van der Waals surface area contributed by atoms with Crippen LogP contribution in [0, 0.1) is 11.8 Å². The highest BCUT2D eigenvalue weighted by molar-refractivity contribution is 6.06. The first-order valence-electron chi connectivity index (χ1n) is 16.5. The first-order valence-corrected chi connectivity index (χ1v) is 16.5. The highest BCUT2D eigenvalue weighted by atomic mass is 16.5. The fraction of sp³-hybridized carbons (Fsp3) is 0.486. The maximum Gasteiger partial charge on any atom is 0.253 e. The second kappa shape index (κ2) is 14.2. The highest BCUT2D eigenvalue weighted by Crippen LogP contribution is 2.64. The molecule has 3 heterocycles. The van der Waals surface area contributed by atoms with Crippen LogP contribution in [0.15, 0.2) is 79.9 Å². The summed E-state index contributed by atoms with van der Waals surface area (Å²) >= 11 is 0. The molecule has 1 N–H and O–H groups in total. The number of carbonyl (C=O) groups excluding carboxylic acids is 3. The Labute approximate surface area is 272 Å². The largest absolute Gasteiger partial charge is 0.497 e. The molecule has 0 radical (unpaired) electrons. The Kier molecular flexibility index (Phi) is 10.3. The average Bonchev–Trinajstić information content (AvgIpc) is 3.69. The molecular formula is C37H47N3O6. The van der Waals surface area contributed by atoms with Gasteiger partial charge in [0.1, 0.15) is 17.4 Å². The van der Waals surface area contributed by atoms with Crippen LogP contribution in [0.2, 0.25) is 0 Å². The number of aliphatic hydroxyl groups excluding tert-OH is 1. The molecule has 2 unspecified atom stereocenters. The van der Waals surface area contributed by atoms with E-state index in [0.717, 1.165) is 18.5 Å². The number of para-hydroxylation sites is 1. The fourth-order valence-corrected chi connectivity index (χ4v) is 7.95. The van der Waals surface area contributed by atoms with Crippen molar-refractivity contribution in [2.75, 3.05) is 43.2 Å². The third kappa shape index (κ3) is 5.75. The highest BCUT2D eigenvalue weighted by Gasteiger charge is 2.79. The number of ether oxygens (including phenoxy) is 2. The van der Waals surface area contributed by atoms with Crippen molar-refractivity contribution in [3.63, 3.8) is 0 Å². The third-order valence-corrected chi connectivity index (χ3v) is 10.1. The summed E-state index contributed by atoms with van der Waals surface area (Å²) < 4.78 is 12.4. The molecule has 2 bridgehead atoms. The smallest absolute Gasteiger partial charge is 0.253 e. The number of fused-ring (bicyclic) bond motifs is 1. The summed E-state index contributed by atoms with van der Waals surface area (Å²) in [5.74, 6) is -1.50. The summed E-state index contributed by atoms with van der Waals surface area (Å²) in [5.41, 5.74) is -0.614. The quantitative estimate of drug-likeness (QED) is 0.204. The lowest BCUT2D eigenvalue weighted by Gasteiger charge is -2.37. The second-order valence-electron chi connectivity index (χ2n) is 12.5. The number of rotatable bonds is 16. The molecule has 0 saturated carbocycles. The molecule has 2 aromatic carbocycles. The minimum atomic E-state index is -1.14. The summed E-state index contributed by atoms with van der Waals surface area (Å²) in [7, 11) is 1.59. The van der Waals surface area contributed by atoms with Crippen molar-refractivity contribution in [3.05, 3.63) is 79.9 Å². The van der Waals surface area contributed by atoms with Crippen molar-refractivity contribution in [3.8, 4) is 5.75 Å². The summed E-state index contributed by atoms with van der Waals surface area (Å²) in [6.45, 7) is 10.8. The molecule has 3 amide bonds. The van der Waals surface area contributed by atoms with Crippen LogP contribution < -0.4 is 14.5 Å². The number of amides is 3. The number of hydrogen-bond donors (Lipinski definition) is 1. The molecule has 46 heavy (non-hydrogen) atoms. The van der Waals surface area contributed by atoms with E-state index in [1.54, 1.807) is 46.1 Å². The van der Waals surface area contributed by atoms with Crippen LogP contribution in [0.5, 0.6) is 5.75 Å². The number of hydrogen-bond acceptors (Lipinski definition) is 6. The topological polar surface area (TPSA) is 99.6 Å². The molecule has 9 heteroatoms. The minimum Gasteiger partial charge on any atom is -0.497 e. The van der Waals surface area contributed by atoms with E-state index in [1.807, 2.05) is 49.4 Å². The maximum atomic E-state index is 14.9. The van der Waals surface area contributed by atoms with Gasteiger partial charge in [-0.15, -0.1) is 13.2 Å². The van der Waals surface area contributed by atoms with Gasteiger partial charge >= 0.3 is 0 Å². The number of likely N-dealkylation sites (tertiary alicyclic amines) is 1. The van der Waals surface area contributed by atoms with Gasteiger partial charge in [0.05, 0.1) is 24.5 Å². The molecule has 3 aliphatic heterocycles.